The molecule has 108 valence electrons. The number of hydrogen-bond acceptors (Lipinski definition) is 2. The number of aliphatic hydroxyl groups is 1. The first-order chi connectivity index (χ1) is 10.0. The molecule has 1 unspecified atom stereocenters. The van der Waals surface area contributed by atoms with Gasteiger partial charge in [-0.1, -0.05) is 28.1 Å². The molecule has 2 aromatic carbocycles. The van der Waals surface area contributed by atoms with E-state index in [4.69, 9.17) is 4.42 Å². The van der Waals surface area contributed by atoms with E-state index in [1.807, 2.05) is 18.2 Å². The van der Waals surface area contributed by atoms with Crippen LogP contribution in [0.1, 0.15) is 17.4 Å². The SMILES string of the molecule is OC(Cc1cc(F)ccc1Br)c1cc2cccc(Br)c2o1. The third kappa shape index (κ3) is 3.05. The minimum atomic E-state index is -0.831. The molecule has 3 rings (SSSR count). The van der Waals surface area contributed by atoms with E-state index in [0.717, 1.165) is 14.3 Å². The Labute approximate surface area is 137 Å². The van der Waals surface area contributed by atoms with Crippen LogP contribution in [0.15, 0.2) is 55.8 Å². The van der Waals surface area contributed by atoms with E-state index in [-0.39, 0.29) is 12.2 Å². The van der Waals surface area contributed by atoms with Gasteiger partial charge in [-0.05, 0) is 51.8 Å². The number of fused-ring (bicyclic) bond motifs is 1. The Morgan fingerprint density at radius 3 is 2.67 bits per heavy atom. The maximum Gasteiger partial charge on any atom is 0.148 e. The maximum atomic E-state index is 13.3. The molecule has 0 aliphatic heterocycles. The van der Waals surface area contributed by atoms with Crippen molar-refractivity contribution < 1.29 is 13.9 Å². The molecule has 1 heterocycles. The number of benzene rings is 2. The molecule has 0 radical (unpaired) electrons. The molecule has 0 bridgehead atoms. The van der Waals surface area contributed by atoms with Crippen LogP contribution in [0.5, 0.6) is 0 Å². The van der Waals surface area contributed by atoms with Gasteiger partial charge in [0.05, 0.1) is 4.47 Å². The van der Waals surface area contributed by atoms with Crippen LogP contribution in [0, 0.1) is 5.82 Å². The topological polar surface area (TPSA) is 33.4 Å². The number of halogens is 3. The first-order valence-electron chi connectivity index (χ1n) is 6.34. The Bertz CT molecular complexity index is 798. The quantitative estimate of drug-likeness (QED) is 0.625. The fraction of sp³-hybridized carbons (Fsp3) is 0.125. The highest BCUT2D eigenvalue weighted by Gasteiger charge is 2.17. The zero-order valence-corrected chi connectivity index (χ0v) is 14.0. The highest BCUT2D eigenvalue weighted by atomic mass is 79.9. The van der Waals surface area contributed by atoms with Crippen molar-refractivity contribution in [1.82, 2.24) is 0 Å². The molecule has 0 aliphatic carbocycles. The van der Waals surface area contributed by atoms with Gasteiger partial charge in [0.15, 0.2) is 0 Å². The van der Waals surface area contributed by atoms with E-state index in [1.165, 1.54) is 12.1 Å². The maximum absolute atomic E-state index is 13.3. The zero-order valence-electron chi connectivity index (χ0n) is 10.8. The van der Waals surface area contributed by atoms with E-state index in [2.05, 4.69) is 31.9 Å². The molecule has 5 heteroatoms. The first kappa shape index (κ1) is 14.8. The Balaban J connectivity index is 1.91. The van der Waals surface area contributed by atoms with Crippen LogP contribution in [0.3, 0.4) is 0 Å². The minimum absolute atomic E-state index is 0.274. The monoisotopic (exact) mass is 412 g/mol. The van der Waals surface area contributed by atoms with E-state index in [9.17, 15) is 9.50 Å². The van der Waals surface area contributed by atoms with Gasteiger partial charge in [-0.2, -0.15) is 0 Å². The average Bonchev–Trinajstić information content (AvgIpc) is 2.88. The summed E-state index contributed by atoms with van der Waals surface area (Å²) in [6.45, 7) is 0. The van der Waals surface area contributed by atoms with Crippen LogP contribution >= 0.6 is 31.9 Å². The van der Waals surface area contributed by atoms with Gasteiger partial charge in [0.1, 0.15) is 23.3 Å². The highest BCUT2D eigenvalue weighted by molar-refractivity contribution is 9.11. The second-order valence-electron chi connectivity index (χ2n) is 4.76. The van der Waals surface area contributed by atoms with Crippen molar-refractivity contribution in [3.8, 4) is 0 Å². The fourth-order valence-electron chi connectivity index (χ4n) is 2.22. The lowest BCUT2D eigenvalue weighted by molar-refractivity contribution is 0.152. The molecule has 0 fully saturated rings. The lowest BCUT2D eigenvalue weighted by Crippen LogP contribution is -2.01. The van der Waals surface area contributed by atoms with E-state index in [1.54, 1.807) is 12.1 Å². The molecule has 1 N–H and O–H groups in total. The van der Waals surface area contributed by atoms with Crippen molar-refractivity contribution in [3.63, 3.8) is 0 Å². The van der Waals surface area contributed by atoms with Gasteiger partial charge >= 0.3 is 0 Å². The fourth-order valence-corrected chi connectivity index (χ4v) is 3.09. The second-order valence-corrected chi connectivity index (χ2v) is 6.47. The summed E-state index contributed by atoms with van der Waals surface area (Å²) in [7, 11) is 0. The molecule has 0 saturated heterocycles. The van der Waals surface area contributed by atoms with Gasteiger partial charge in [-0.25, -0.2) is 4.39 Å². The number of hydrogen-bond donors (Lipinski definition) is 1. The van der Waals surface area contributed by atoms with Crippen LogP contribution in [-0.2, 0) is 6.42 Å². The molecule has 0 aliphatic rings. The van der Waals surface area contributed by atoms with E-state index >= 15 is 0 Å². The summed E-state index contributed by atoms with van der Waals surface area (Å²) in [5.74, 6) is 0.140. The number of aliphatic hydroxyl groups excluding tert-OH is 1. The summed E-state index contributed by atoms with van der Waals surface area (Å²) in [4.78, 5) is 0. The lowest BCUT2D eigenvalue weighted by atomic mass is 10.1. The molecule has 0 amide bonds. The van der Waals surface area contributed by atoms with Crippen molar-refractivity contribution in [2.75, 3.05) is 0 Å². The van der Waals surface area contributed by atoms with Crippen LogP contribution in [0.25, 0.3) is 11.0 Å². The normalized spacial score (nSPS) is 12.8. The van der Waals surface area contributed by atoms with E-state index < -0.39 is 6.10 Å². The number of para-hydroxylation sites is 1. The minimum Gasteiger partial charge on any atom is -0.457 e. The molecule has 21 heavy (non-hydrogen) atoms. The summed E-state index contributed by atoms with van der Waals surface area (Å²) in [6, 6.07) is 11.9. The third-order valence-electron chi connectivity index (χ3n) is 3.26. The van der Waals surface area contributed by atoms with Crippen LogP contribution in [-0.4, -0.2) is 5.11 Å². The van der Waals surface area contributed by atoms with Gasteiger partial charge in [0, 0.05) is 16.3 Å². The summed E-state index contributed by atoms with van der Waals surface area (Å²) in [5.41, 5.74) is 1.40. The Kier molecular flexibility index (Phi) is 4.15. The average molecular weight is 414 g/mol. The van der Waals surface area contributed by atoms with Crippen molar-refractivity contribution in [1.29, 1.82) is 0 Å². The smallest absolute Gasteiger partial charge is 0.148 e. The molecular weight excluding hydrogens is 403 g/mol. The second kappa shape index (κ2) is 5.91. The third-order valence-corrected chi connectivity index (χ3v) is 4.66. The molecule has 2 nitrogen and oxygen atoms in total. The van der Waals surface area contributed by atoms with Crippen LogP contribution in [0.2, 0.25) is 0 Å². The van der Waals surface area contributed by atoms with Crippen molar-refractivity contribution >= 4 is 42.8 Å². The Morgan fingerprint density at radius 1 is 1.10 bits per heavy atom. The van der Waals surface area contributed by atoms with Gasteiger partial charge in [-0.15, -0.1) is 0 Å². The molecule has 0 saturated carbocycles. The van der Waals surface area contributed by atoms with Crippen molar-refractivity contribution in [2.45, 2.75) is 12.5 Å². The summed E-state index contributed by atoms with van der Waals surface area (Å²) < 4.78 is 20.6. The van der Waals surface area contributed by atoms with Crippen LogP contribution in [0.4, 0.5) is 4.39 Å². The summed E-state index contributed by atoms with van der Waals surface area (Å²) in [5, 5.41) is 11.2. The van der Waals surface area contributed by atoms with Crippen molar-refractivity contribution in [3.05, 3.63) is 68.6 Å². The van der Waals surface area contributed by atoms with Crippen molar-refractivity contribution in [2.24, 2.45) is 0 Å². The standard InChI is InChI=1S/C16H11Br2FO2/c17-12-5-4-11(19)6-10(12)7-14(20)15-8-9-2-1-3-13(18)16(9)21-15/h1-6,8,14,20H,7H2. The molecule has 3 aromatic rings. The molecule has 1 atom stereocenters. The molecule has 0 spiro atoms. The Hall–Kier alpha value is -1.17. The Morgan fingerprint density at radius 2 is 1.90 bits per heavy atom. The number of rotatable bonds is 3. The van der Waals surface area contributed by atoms with Gasteiger partial charge in [0.2, 0.25) is 0 Å². The zero-order chi connectivity index (χ0) is 15.0. The van der Waals surface area contributed by atoms with Gasteiger partial charge in [0.25, 0.3) is 0 Å². The predicted molar refractivity (Wildman–Crippen MR) is 86.7 cm³/mol. The first-order valence-corrected chi connectivity index (χ1v) is 7.93. The highest BCUT2D eigenvalue weighted by Crippen LogP contribution is 2.31. The van der Waals surface area contributed by atoms with Gasteiger partial charge in [-0.3, -0.25) is 0 Å². The predicted octanol–water partition coefficient (Wildman–Crippen LogP) is 5.37. The van der Waals surface area contributed by atoms with E-state index in [0.29, 0.717) is 16.9 Å². The van der Waals surface area contributed by atoms with Gasteiger partial charge < -0.3 is 9.52 Å². The molecule has 1 aromatic heterocycles. The summed E-state index contributed by atoms with van der Waals surface area (Å²) >= 11 is 6.78. The lowest BCUT2D eigenvalue weighted by Gasteiger charge is -2.09. The largest absolute Gasteiger partial charge is 0.457 e. The summed E-state index contributed by atoms with van der Waals surface area (Å²) in [6.07, 6.45) is -0.558. The number of furan rings is 1. The molecular formula is C16H11Br2FO2. The van der Waals surface area contributed by atoms with Crippen LogP contribution < -0.4 is 0 Å².